The zero-order valence-corrected chi connectivity index (χ0v) is 14.0. The molecule has 0 aromatic heterocycles. The number of nitriles is 1. The average Bonchev–Trinajstić information content (AvgIpc) is 2.61. The lowest BCUT2D eigenvalue weighted by atomic mass is 10.1. The summed E-state index contributed by atoms with van der Waals surface area (Å²) in [7, 11) is 0. The first kappa shape index (κ1) is 17.8. The highest BCUT2D eigenvalue weighted by molar-refractivity contribution is 5.81. The first-order valence-corrected chi connectivity index (χ1v) is 8.46. The molecule has 2 heterocycles. The summed E-state index contributed by atoms with van der Waals surface area (Å²) >= 11 is 0. The number of likely N-dealkylation sites (tertiary alicyclic amines) is 1. The van der Waals surface area contributed by atoms with E-state index in [1.165, 1.54) is 4.90 Å². The number of morpholine rings is 1. The summed E-state index contributed by atoms with van der Waals surface area (Å²) in [6.45, 7) is 2.34. The lowest BCUT2D eigenvalue weighted by Crippen LogP contribution is -2.53. The highest BCUT2D eigenvalue weighted by Gasteiger charge is 2.38. The number of benzene rings is 1. The van der Waals surface area contributed by atoms with Gasteiger partial charge in [0.15, 0.2) is 0 Å². The second kappa shape index (κ2) is 7.46. The van der Waals surface area contributed by atoms with Crippen LogP contribution in [-0.2, 0) is 16.1 Å². The first-order valence-electron chi connectivity index (χ1n) is 8.46. The van der Waals surface area contributed by atoms with Crippen LogP contribution in [0.15, 0.2) is 24.3 Å². The van der Waals surface area contributed by atoms with Gasteiger partial charge in [-0.25, -0.2) is 8.78 Å². The first-order chi connectivity index (χ1) is 12.0. The molecule has 134 valence electrons. The molecular weight excluding hydrogens is 328 g/mol. The van der Waals surface area contributed by atoms with E-state index in [1.807, 2.05) is 18.2 Å². The second-order valence-corrected chi connectivity index (χ2v) is 6.59. The van der Waals surface area contributed by atoms with Gasteiger partial charge in [-0.05, 0) is 17.7 Å². The molecule has 5 nitrogen and oxygen atoms in total. The maximum absolute atomic E-state index is 13.2. The lowest BCUT2D eigenvalue weighted by molar-refractivity contribution is -0.155. The molecule has 0 aliphatic carbocycles. The van der Waals surface area contributed by atoms with Crippen molar-refractivity contribution >= 4 is 5.91 Å². The summed E-state index contributed by atoms with van der Waals surface area (Å²) in [6, 6.07) is 9.48. The number of hydrogen-bond acceptors (Lipinski definition) is 4. The Kier molecular flexibility index (Phi) is 5.30. The molecule has 1 aromatic rings. The van der Waals surface area contributed by atoms with E-state index in [1.54, 1.807) is 6.07 Å². The number of piperidine rings is 1. The molecule has 1 aromatic carbocycles. The van der Waals surface area contributed by atoms with Gasteiger partial charge in [-0.15, -0.1) is 0 Å². The molecule has 0 radical (unpaired) electrons. The average molecular weight is 349 g/mol. The fraction of sp³-hybridized carbons (Fsp3) is 0.556. The number of ether oxygens (including phenoxy) is 1. The maximum atomic E-state index is 13.2. The number of carbonyl (C=O) groups is 1. The Morgan fingerprint density at radius 2 is 2.08 bits per heavy atom. The van der Waals surface area contributed by atoms with Gasteiger partial charge in [0, 0.05) is 45.6 Å². The van der Waals surface area contributed by atoms with Gasteiger partial charge >= 0.3 is 0 Å². The summed E-state index contributed by atoms with van der Waals surface area (Å²) in [6.07, 6.45) is -1.17. The van der Waals surface area contributed by atoms with E-state index in [-0.39, 0.29) is 31.8 Å². The Bertz CT molecular complexity index is 665. The number of halogens is 2. The van der Waals surface area contributed by atoms with Gasteiger partial charge in [-0.2, -0.15) is 5.26 Å². The van der Waals surface area contributed by atoms with E-state index < -0.39 is 12.0 Å². The van der Waals surface area contributed by atoms with Crippen LogP contribution in [-0.4, -0.2) is 60.5 Å². The van der Waals surface area contributed by atoms with Crippen molar-refractivity contribution in [3.63, 3.8) is 0 Å². The number of rotatable bonds is 3. The van der Waals surface area contributed by atoms with Crippen LogP contribution in [0.5, 0.6) is 0 Å². The minimum absolute atomic E-state index is 0.0793. The fourth-order valence-electron chi connectivity index (χ4n) is 3.25. The van der Waals surface area contributed by atoms with Crippen molar-refractivity contribution in [2.45, 2.75) is 31.4 Å². The topological polar surface area (TPSA) is 56.6 Å². The van der Waals surface area contributed by atoms with Crippen LogP contribution in [0.4, 0.5) is 8.78 Å². The molecule has 1 unspecified atom stereocenters. The zero-order valence-electron chi connectivity index (χ0n) is 14.0. The zero-order chi connectivity index (χ0) is 17.9. The molecular formula is C18H21F2N3O2. The quantitative estimate of drug-likeness (QED) is 0.838. The van der Waals surface area contributed by atoms with Crippen LogP contribution in [0.1, 0.15) is 24.0 Å². The maximum Gasteiger partial charge on any atom is 0.253 e. The Morgan fingerprint density at radius 1 is 1.32 bits per heavy atom. The second-order valence-electron chi connectivity index (χ2n) is 6.59. The van der Waals surface area contributed by atoms with Crippen molar-refractivity contribution in [3.05, 3.63) is 35.4 Å². The van der Waals surface area contributed by atoms with E-state index in [4.69, 9.17) is 10.00 Å². The third-order valence-corrected chi connectivity index (χ3v) is 4.69. The Hall–Kier alpha value is -2.04. The summed E-state index contributed by atoms with van der Waals surface area (Å²) in [5, 5.41) is 8.98. The molecule has 0 bridgehead atoms. The predicted molar refractivity (Wildman–Crippen MR) is 86.9 cm³/mol. The SMILES string of the molecule is N#Cc1cccc(CN2CCOC(C(=O)N3CCC(F)(F)CC3)C2)c1. The van der Waals surface area contributed by atoms with Crippen LogP contribution < -0.4 is 0 Å². The Morgan fingerprint density at radius 3 is 2.80 bits per heavy atom. The number of alkyl halides is 2. The van der Waals surface area contributed by atoms with Gasteiger partial charge in [0.25, 0.3) is 11.8 Å². The Balaban J connectivity index is 1.57. The fourth-order valence-corrected chi connectivity index (χ4v) is 3.25. The summed E-state index contributed by atoms with van der Waals surface area (Å²) < 4.78 is 32.1. The van der Waals surface area contributed by atoms with Crippen LogP contribution in [0.2, 0.25) is 0 Å². The number of amides is 1. The van der Waals surface area contributed by atoms with Crippen molar-refractivity contribution < 1.29 is 18.3 Å². The highest BCUT2D eigenvalue weighted by atomic mass is 19.3. The lowest BCUT2D eigenvalue weighted by Gasteiger charge is -2.37. The van der Waals surface area contributed by atoms with Crippen LogP contribution >= 0.6 is 0 Å². The van der Waals surface area contributed by atoms with Gasteiger partial charge < -0.3 is 9.64 Å². The van der Waals surface area contributed by atoms with Gasteiger partial charge in [0.1, 0.15) is 6.10 Å². The molecule has 1 atom stereocenters. The van der Waals surface area contributed by atoms with E-state index in [2.05, 4.69) is 11.0 Å². The third-order valence-electron chi connectivity index (χ3n) is 4.69. The van der Waals surface area contributed by atoms with Gasteiger partial charge in [-0.1, -0.05) is 12.1 Å². The standard InChI is InChI=1S/C18H21F2N3O2/c19-18(20)4-6-23(7-5-18)17(24)16-13-22(8-9-25-16)12-15-3-1-2-14(10-15)11-21/h1-3,10,16H,4-9,12-13H2. The minimum Gasteiger partial charge on any atom is -0.366 e. The van der Waals surface area contributed by atoms with Crippen molar-refractivity contribution in [2.24, 2.45) is 0 Å². The van der Waals surface area contributed by atoms with Crippen molar-refractivity contribution in [1.82, 2.24) is 9.80 Å². The van der Waals surface area contributed by atoms with Crippen molar-refractivity contribution in [1.29, 1.82) is 5.26 Å². The van der Waals surface area contributed by atoms with Gasteiger partial charge in [-0.3, -0.25) is 9.69 Å². The molecule has 2 saturated heterocycles. The van der Waals surface area contributed by atoms with Gasteiger partial charge in [0.05, 0.1) is 18.2 Å². The van der Waals surface area contributed by atoms with Gasteiger partial charge in [0.2, 0.25) is 0 Å². The predicted octanol–water partition coefficient (Wildman–Crippen LogP) is 2.02. The molecule has 0 N–H and O–H groups in total. The number of nitrogens with zero attached hydrogens (tertiary/aromatic N) is 3. The molecule has 0 spiro atoms. The minimum atomic E-state index is -2.66. The van der Waals surface area contributed by atoms with Crippen molar-refractivity contribution in [3.8, 4) is 6.07 Å². The smallest absolute Gasteiger partial charge is 0.253 e. The Labute approximate surface area is 145 Å². The molecule has 2 aliphatic heterocycles. The number of hydrogen-bond donors (Lipinski definition) is 0. The molecule has 2 fully saturated rings. The summed E-state index contributed by atoms with van der Waals surface area (Å²) in [4.78, 5) is 16.1. The molecule has 2 aliphatic rings. The molecule has 25 heavy (non-hydrogen) atoms. The largest absolute Gasteiger partial charge is 0.366 e. The van der Waals surface area contributed by atoms with Crippen LogP contribution in [0.25, 0.3) is 0 Å². The van der Waals surface area contributed by atoms with E-state index in [0.29, 0.717) is 31.8 Å². The van der Waals surface area contributed by atoms with E-state index in [0.717, 1.165) is 5.56 Å². The molecule has 1 amide bonds. The van der Waals surface area contributed by atoms with E-state index >= 15 is 0 Å². The molecule has 7 heteroatoms. The third kappa shape index (κ3) is 4.53. The monoisotopic (exact) mass is 349 g/mol. The normalized spacial score (nSPS) is 23.9. The van der Waals surface area contributed by atoms with Crippen LogP contribution in [0, 0.1) is 11.3 Å². The molecule has 3 rings (SSSR count). The summed E-state index contributed by atoms with van der Waals surface area (Å²) in [5.41, 5.74) is 1.61. The van der Waals surface area contributed by atoms with E-state index in [9.17, 15) is 13.6 Å². The van der Waals surface area contributed by atoms with Crippen LogP contribution in [0.3, 0.4) is 0 Å². The highest BCUT2D eigenvalue weighted by Crippen LogP contribution is 2.28. The summed E-state index contributed by atoms with van der Waals surface area (Å²) in [5.74, 6) is -2.87. The molecule has 0 saturated carbocycles. The van der Waals surface area contributed by atoms with Crippen molar-refractivity contribution in [2.75, 3.05) is 32.8 Å². The number of carbonyl (C=O) groups excluding carboxylic acids is 1.